The summed E-state index contributed by atoms with van der Waals surface area (Å²) < 4.78 is 5.56. The van der Waals surface area contributed by atoms with E-state index in [2.05, 4.69) is 22.8 Å². The minimum Gasteiger partial charge on any atom is -0.480 e. The first-order valence-corrected chi connectivity index (χ1v) is 11.8. The van der Waals surface area contributed by atoms with Crippen LogP contribution in [0.1, 0.15) is 63.0 Å². The number of rotatable bonds is 6. The van der Waals surface area contributed by atoms with E-state index in [0.717, 1.165) is 41.5 Å². The van der Waals surface area contributed by atoms with E-state index >= 15 is 0 Å². The smallest absolute Gasteiger partial charge is 0.408 e. The second-order valence-corrected chi connectivity index (χ2v) is 10.6. The van der Waals surface area contributed by atoms with Crippen LogP contribution in [-0.4, -0.2) is 40.8 Å². The number of carboxylic acid groups (broad SMARTS) is 1. The van der Waals surface area contributed by atoms with Crippen LogP contribution in [0, 0.1) is 5.41 Å². The molecule has 0 heterocycles. The van der Waals surface area contributed by atoms with Gasteiger partial charge in [0.2, 0.25) is 5.91 Å². The molecule has 2 saturated carbocycles. The average Bonchev–Trinajstić information content (AvgIpc) is 3.06. The lowest BCUT2D eigenvalue weighted by Crippen LogP contribution is -2.71. The third-order valence-corrected chi connectivity index (χ3v) is 7.86. The van der Waals surface area contributed by atoms with Crippen molar-refractivity contribution in [1.82, 2.24) is 10.6 Å². The Kier molecular flexibility index (Phi) is 5.19. The molecular weight excluding hydrogens is 432 g/mol. The zero-order valence-electron chi connectivity index (χ0n) is 19.5. The predicted octanol–water partition coefficient (Wildman–Crippen LogP) is 4.21. The first kappa shape index (κ1) is 22.4. The van der Waals surface area contributed by atoms with Gasteiger partial charge < -0.3 is 20.5 Å². The number of nitrogens with one attached hydrogen (secondary N) is 2. The lowest BCUT2D eigenvalue weighted by atomic mass is 9.48. The molecule has 2 fully saturated rings. The second kappa shape index (κ2) is 7.86. The fourth-order valence-corrected chi connectivity index (χ4v) is 5.87. The third kappa shape index (κ3) is 3.63. The lowest BCUT2D eigenvalue weighted by molar-refractivity contribution is -0.166. The molecule has 0 bridgehead atoms. The number of aliphatic carboxylic acids is 1. The van der Waals surface area contributed by atoms with Gasteiger partial charge in [-0.05, 0) is 67.2 Å². The Morgan fingerprint density at radius 1 is 1.00 bits per heavy atom. The number of alkyl carbamates (subject to hydrolysis) is 1. The number of hydrogen-bond donors (Lipinski definition) is 3. The van der Waals surface area contributed by atoms with Crippen molar-refractivity contribution >= 4 is 18.0 Å². The Labute approximate surface area is 198 Å². The van der Waals surface area contributed by atoms with Crippen LogP contribution >= 0.6 is 0 Å². The summed E-state index contributed by atoms with van der Waals surface area (Å²) in [6.45, 7) is 3.24. The van der Waals surface area contributed by atoms with Gasteiger partial charge in [-0.1, -0.05) is 55.0 Å². The summed E-state index contributed by atoms with van der Waals surface area (Å²) >= 11 is 0. The summed E-state index contributed by atoms with van der Waals surface area (Å²) in [6.07, 6.45) is 3.32. The largest absolute Gasteiger partial charge is 0.480 e. The highest BCUT2D eigenvalue weighted by molar-refractivity contribution is 5.94. The van der Waals surface area contributed by atoms with Crippen molar-refractivity contribution in [3.63, 3.8) is 0 Å². The van der Waals surface area contributed by atoms with Crippen LogP contribution in [0.4, 0.5) is 4.79 Å². The van der Waals surface area contributed by atoms with Gasteiger partial charge in [0.15, 0.2) is 0 Å². The molecular formula is C27H30N2O5. The Bertz CT molecular complexity index is 1110. The van der Waals surface area contributed by atoms with Gasteiger partial charge in [0.25, 0.3) is 0 Å². The molecule has 2 aromatic carbocycles. The molecule has 178 valence electrons. The minimum atomic E-state index is -1.33. The van der Waals surface area contributed by atoms with Gasteiger partial charge in [0, 0.05) is 5.92 Å². The van der Waals surface area contributed by atoms with Crippen LogP contribution in [0.3, 0.4) is 0 Å². The van der Waals surface area contributed by atoms with E-state index in [1.54, 1.807) is 13.8 Å². The standard InChI is InChI=1S/C27H30N2O5/c1-25(2,22(30)28-27(23(31)32)15-26(16-27)12-7-13-26)29-24(33)34-14-21-19-10-5-3-8-17(19)18-9-4-6-11-20(18)21/h3-6,8-11,21H,7,12-16H2,1-2H3,(H,28,30)(H,29,33)(H,31,32). The SMILES string of the molecule is CC(C)(NC(=O)OCC1c2ccccc2-c2ccccc21)C(=O)NC1(C(=O)O)CC2(CCC2)C1. The van der Waals surface area contributed by atoms with Crippen molar-refractivity contribution < 1.29 is 24.2 Å². The number of carbonyl (C=O) groups excluding carboxylic acids is 2. The molecule has 7 heteroatoms. The quantitative estimate of drug-likeness (QED) is 0.597. The number of amides is 2. The molecule has 0 atom stereocenters. The minimum absolute atomic E-state index is 0.0655. The molecule has 5 rings (SSSR count). The van der Waals surface area contributed by atoms with Gasteiger partial charge in [0.1, 0.15) is 17.7 Å². The Balaban J connectivity index is 1.21. The van der Waals surface area contributed by atoms with Crippen molar-refractivity contribution in [3.8, 4) is 11.1 Å². The van der Waals surface area contributed by atoms with Crippen molar-refractivity contribution in [3.05, 3.63) is 59.7 Å². The van der Waals surface area contributed by atoms with E-state index < -0.39 is 29.0 Å². The molecule has 0 aliphatic heterocycles. The maximum atomic E-state index is 13.0. The topological polar surface area (TPSA) is 105 Å². The number of carboxylic acids is 1. The van der Waals surface area contributed by atoms with E-state index in [0.29, 0.717) is 12.8 Å². The lowest BCUT2D eigenvalue weighted by Gasteiger charge is -2.59. The summed E-state index contributed by atoms with van der Waals surface area (Å²) in [5.41, 5.74) is 1.96. The molecule has 3 aliphatic rings. The summed E-state index contributed by atoms with van der Waals surface area (Å²) in [7, 11) is 0. The number of benzene rings is 2. The Morgan fingerprint density at radius 3 is 2.06 bits per heavy atom. The van der Waals surface area contributed by atoms with E-state index in [4.69, 9.17) is 4.74 Å². The summed E-state index contributed by atoms with van der Waals surface area (Å²) in [5.74, 6) is -1.63. The van der Waals surface area contributed by atoms with Gasteiger partial charge >= 0.3 is 12.1 Å². The summed E-state index contributed by atoms with van der Waals surface area (Å²) in [4.78, 5) is 37.6. The van der Waals surface area contributed by atoms with Crippen molar-refractivity contribution in [2.24, 2.45) is 5.41 Å². The summed E-state index contributed by atoms with van der Waals surface area (Å²) in [5, 5.41) is 15.1. The molecule has 0 radical (unpaired) electrons. The maximum absolute atomic E-state index is 13.0. The molecule has 0 saturated heterocycles. The first-order valence-electron chi connectivity index (χ1n) is 11.8. The van der Waals surface area contributed by atoms with Crippen LogP contribution in [0.5, 0.6) is 0 Å². The first-order chi connectivity index (χ1) is 16.1. The van der Waals surface area contributed by atoms with Gasteiger partial charge in [-0.15, -0.1) is 0 Å². The van der Waals surface area contributed by atoms with Crippen LogP contribution in [-0.2, 0) is 14.3 Å². The van der Waals surface area contributed by atoms with Crippen LogP contribution in [0.15, 0.2) is 48.5 Å². The molecule has 34 heavy (non-hydrogen) atoms. The second-order valence-electron chi connectivity index (χ2n) is 10.6. The van der Waals surface area contributed by atoms with Gasteiger partial charge in [-0.25, -0.2) is 9.59 Å². The number of hydrogen-bond acceptors (Lipinski definition) is 4. The van der Waals surface area contributed by atoms with E-state index in [-0.39, 0.29) is 17.9 Å². The zero-order chi connectivity index (χ0) is 24.1. The average molecular weight is 463 g/mol. The van der Waals surface area contributed by atoms with E-state index in [1.807, 2.05) is 36.4 Å². The van der Waals surface area contributed by atoms with E-state index in [9.17, 15) is 19.5 Å². The van der Waals surface area contributed by atoms with Crippen LogP contribution < -0.4 is 10.6 Å². The molecule has 1 spiro atoms. The fraction of sp³-hybridized carbons (Fsp3) is 0.444. The third-order valence-electron chi connectivity index (χ3n) is 7.86. The van der Waals surface area contributed by atoms with Crippen LogP contribution in [0.25, 0.3) is 11.1 Å². The highest BCUT2D eigenvalue weighted by atomic mass is 16.5. The molecule has 0 aromatic heterocycles. The highest BCUT2D eigenvalue weighted by Gasteiger charge is 2.62. The van der Waals surface area contributed by atoms with Crippen molar-refractivity contribution in [2.75, 3.05) is 6.61 Å². The maximum Gasteiger partial charge on any atom is 0.408 e. The summed E-state index contributed by atoms with van der Waals surface area (Å²) in [6, 6.07) is 16.1. The van der Waals surface area contributed by atoms with Crippen LogP contribution in [0.2, 0.25) is 0 Å². The Morgan fingerprint density at radius 2 is 1.56 bits per heavy atom. The van der Waals surface area contributed by atoms with Crippen molar-refractivity contribution in [1.29, 1.82) is 0 Å². The normalized spacial score (nSPS) is 19.2. The zero-order valence-corrected chi connectivity index (χ0v) is 19.5. The number of carbonyl (C=O) groups is 3. The molecule has 3 N–H and O–H groups in total. The predicted molar refractivity (Wildman–Crippen MR) is 126 cm³/mol. The fourth-order valence-electron chi connectivity index (χ4n) is 5.87. The number of ether oxygens (including phenoxy) is 1. The van der Waals surface area contributed by atoms with Gasteiger partial charge in [-0.3, -0.25) is 4.79 Å². The molecule has 2 amide bonds. The monoisotopic (exact) mass is 462 g/mol. The van der Waals surface area contributed by atoms with Crippen molar-refractivity contribution in [2.45, 2.75) is 62.9 Å². The Hall–Kier alpha value is -3.35. The highest BCUT2D eigenvalue weighted by Crippen LogP contribution is 2.60. The molecule has 0 unspecified atom stereocenters. The number of fused-ring (bicyclic) bond motifs is 3. The molecule has 2 aromatic rings. The van der Waals surface area contributed by atoms with E-state index in [1.165, 1.54) is 0 Å². The molecule has 7 nitrogen and oxygen atoms in total. The molecule has 3 aliphatic carbocycles. The van der Waals surface area contributed by atoms with Gasteiger partial charge in [-0.2, -0.15) is 0 Å². The van der Waals surface area contributed by atoms with Gasteiger partial charge in [0.05, 0.1) is 0 Å².